The molecule has 1 aromatic carbocycles. The highest BCUT2D eigenvalue weighted by atomic mass is 32.1. The van der Waals surface area contributed by atoms with Crippen molar-refractivity contribution in [1.82, 2.24) is 0 Å². The minimum absolute atomic E-state index is 0.0545. The molecule has 0 bridgehead atoms. The number of carbonyl (C=O) groups excluding carboxylic acids is 1. The zero-order valence-corrected chi connectivity index (χ0v) is 18.5. The number of carbonyl (C=O) groups is 2. The molecular formula is C24H32O6S. The van der Waals surface area contributed by atoms with Gasteiger partial charge in [0.1, 0.15) is 6.10 Å². The van der Waals surface area contributed by atoms with Crippen LogP contribution in [-0.2, 0) is 4.79 Å². The Kier molecular flexibility index (Phi) is 8.60. The number of fused-ring (bicyclic) bond motifs is 1. The molecule has 5 atom stereocenters. The Hall–Kier alpha value is -1.80. The summed E-state index contributed by atoms with van der Waals surface area (Å²) in [5, 5.41) is 40.9. The van der Waals surface area contributed by atoms with E-state index in [-0.39, 0.29) is 30.5 Å². The number of unbranched alkanes of at least 4 members (excludes halogenated alkanes) is 3. The molecule has 1 fully saturated rings. The first-order chi connectivity index (χ1) is 14.9. The summed E-state index contributed by atoms with van der Waals surface area (Å²) in [6, 6.07) is 9.54. The van der Waals surface area contributed by atoms with E-state index in [0.717, 1.165) is 35.8 Å². The predicted molar refractivity (Wildman–Crippen MR) is 120 cm³/mol. The number of benzene rings is 1. The summed E-state index contributed by atoms with van der Waals surface area (Å²) in [5.41, 5.74) is 0. The number of thiophene rings is 1. The number of carboxylic acids is 1. The van der Waals surface area contributed by atoms with Crippen LogP contribution in [0.3, 0.4) is 0 Å². The summed E-state index contributed by atoms with van der Waals surface area (Å²) in [7, 11) is 0. The lowest BCUT2D eigenvalue weighted by Gasteiger charge is -2.24. The Morgan fingerprint density at radius 3 is 2.39 bits per heavy atom. The maximum absolute atomic E-state index is 12.7. The van der Waals surface area contributed by atoms with Crippen molar-refractivity contribution in [2.45, 2.75) is 76.1 Å². The molecule has 31 heavy (non-hydrogen) atoms. The van der Waals surface area contributed by atoms with Crippen LogP contribution in [0.1, 0.15) is 67.5 Å². The lowest BCUT2D eigenvalue weighted by Crippen LogP contribution is -2.26. The maximum Gasteiger partial charge on any atom is 0.303 e. The van der Waals surface area contributed by atoms with Gasteiger partial charge < -0.3 is 20.4 Å². The minimum Gasteiger partial charge on any atom is -0.481 e. The highest BCUT2D eigenvalue weighted by Crippen LogP contribution is 2.39. The summed E-state index contributed by atoms with van der Waals surface area (Å²) in [6.07, 6.45) is 2.95. The molecule has 1 unspecified atom stereocenters. The number of rotatable bonds is 12. The van der Waals surface area contributed by atoms with Crippen molar-refractivity contribution in [3.63, 3.8) is 0 Å². The number of hydrogen-bond acceptors (Lipinski definition) is 6. The zero-order valence-electron chi connectivity index (χ0n) is 17.7. The van der Waals surface area contributed by atoms with Gasteiger partial charge in [0.05, 0.1) is 17.1 Å². The van der Waals surface area contributed by atoms with E-state index in [1.165, 1.54) is 11.3 Å². The SMILES string of the molecule is O=C(O)CCCCCC[C@@H]1[C@@H](CCC(O)C(=O)c2cc3ccccc3s2)[C@H](O)C[C@@H]1O. The molecule has 1 aliphatic carbocycles. The first kappa shape index (κ1) is 23.9. The highest BCUT2D eigenvalue weighted by Gasteiger charge is 2.41. The van der Waals surface area contributed by atoms with Crippen LogP contribution < -0.4 is 0 Å². The fourth-order valence-corrected chi connectivity index (χ4v) is 5.79. The molecule has 170 valence electrons. The third-order valence-corrected chi connectivity index (χ3v) is 7.57. The minimum atomic E-state index is -1.12. The molecule has 7 heteroatoms. The average Bonchev–Trinajstić information content (AvgIpc) is 3.28. The van der Waals surface area contributed by atoms with Crippen LogP contribution in [0, 0.1) is 11.8 Å². The number of carboxylic acid groups (broad SMARTS) is 1. The van der Waals surface area contributed by atoms with E-state index in [1.54, 1.807) is 0 Å². The van der Waals surface area contributed by atoms with Crippen LogP contribution in [0.25, 0.3) is 10.1 Å². The predicted octanol–water partition coefficient (Wildman–Crippen LogP) is 4.01. The molecule has 2 aromatic rings. The van der Waals surface area contributed by atoms with Crippen molar-refractivity contribution in [1.29, 1.82) is 0 Å². The van der Waals surface area contributed by atoms with Gasteiger partial charge in [-0.3, -0.25) is 9.59 Å². The Morgan fingerprint density at radius 2 is 1.68 bits per heavy atom. The lowest BCUT2D eigenvalue weighted by atomic mass is 9.84. The lowest BCUT2D eigenvalue weighted by molar-refractivity contribution is -0.137. The molecule has 1 heterocycles. The number of aliphatic hydroxyl groups excluding tert-OH is 3. The summed E-state index contributed by atoms with van der Waals surface area (Å²) in [4.78, 5) is 23.8. The van der Waals surface area contributed by atoms with Gasteiger partial charge in [0.25, 0.3) is 0 Å². The van der Waals surface area contributed by atoms with E-state index < -0.39 is 24.3 Å². The first-order valence-electron chi connectivity index (χ1n) is 11.2. The normalized spacial score (nSPS) is 24.5. The quantitative estimate of drug-likeness (QED) is 0.288. The molecule has 1 aliphatic rings. The van der Waals surface area contributed by atoms with E-state index >= 15 is 0 Å². The summed E-state index contributed by atoms with van der Waals surface area (Å²) < 4.78 is 1.01. The van der Waals surface area contributed by atoms with Crippen molar-refractivity contribution in [2.24, 2.45) is 11.8 Å². The van der Waals surface area contributed by atoms with E-state index in [1.807, 2.05) is 30.3 Å². The second kappa shape index (κ2) is 11.2. The molecule has 0 spiro atoms. The fourth-order valence-electron chi connectivity index (χ4n) is 4.74. The van der Waals surface area contributed by atoms with Crippen molar-refractivity contribution in [3.05, 3.63) is 35.2 Å². The van der Waals surface area contributed by atoms with Gasteiger partial charge in [-0.15, -0.1) is 11.3 Å². The van der Waals surface area contributed by atoms with E-state index in [4.69, 9.17) is 5.11 Å². The van der Waals surface area contributed by atoms with Crippen molar-refractivity contribution in [2.75, 3.05) is 0 Å². The molecule has 1 saturated carbocycles. The van der Waals surface area contributed by atoms with Crippen LogP contribution in [0.15, 0.2) is 30.3 Å². The summed E-state index contributed by atoms with van der Waals surface area (Å²) in [5.74, 6) is -1.26. The topological polar surface area (TPSA) is 115 Å². The van der Waals surface area contributed by atoms with Crippen molar-refractivity contribution >= 4 is 33.2 Å². The van der Waals surface area contributed by atoms with E-state index in [2.05, 4.69) is 0 Å². The first-order valence-corrected chi connectivity index (χ1v) is 12.0. The Balaban J connectivity index is 1.49. The van der Waals surface area contributed by atoms with Gasteiger partial charge in [-0.1, -0.05) is 37.5 Å². The number of Topliss-reactive ketones (excluding diaryl/α,β-unsaturated/α-hetero) is 1. The number of aliphatic carboxylic acids is 1. The van der Waals surface area contributed by atoms with Gasteiger partial charge in [-0.2, -0.15) is 0 Å². The van der Waals surface area contributed by atoms with Crippen LogP contribution >= 0.6 is 11.3 Å². The molecule has 1 aromatic heterocycles. The second-order valence-electron chi connectivity index (χ2n) is 8.65. The van der Waals surface area contributed by atoms with Crippen molar-refractivity contribution in [3.8, 4) is 0 Å². The Morgan fingerprint density at radius 1 is 1.00 bits per heavy atom. The molecule has 0 aliphatic heterocycles. The Bertz CT molecular complexity index is 845. The van der Waals surface area contributed by atoms with Crippen LogP contribution in [0.5, 0.6) is 0 Å². The zero-order chi connectivity index (χ0) is 22.4. The van der Waals surface area contributed by atoms with Gasteiger partial charge in [-0.25, -0.2) is 0 Å². The fraction of sp³-hybridized carbons (Fsp3) is 0.583. The van der Waals surface area contributed by atoms with Crippen LogP contribution in [0.4, 0.5) is 0 Å². The van der Waals surface area contributed by atoms with Crippen molar-refractivity contribution < 1.29 is 30.0 Å². The number of ketones is 1. The molecule has 0 saturated heterocycles. The Labute approximate surface area is 186 Å². The molecule has 6 nitrogen and oxygen atoms in total. The number of aliphatic hydroxyl groups is 3. The molecule has 0 amide bonds. The van der Waals surface area contributed by atoms with Crippen LogP contribution in [-0.4, -0.2) is 50.5 Å². The molecule has 0 radical (unpaired) electrons. The van der Waals surface area contributed by atoms with Gasteiger partial charge in [0.2, 0.25) is 5.78 Å². The summed E-state index contributed by atoms with van der Waals surface area (Å²) in [6.45, 7) is 0. The molecular weight excluding hydrogens is 416 g/mol. The van der Waals surface area contributed by atoms with Gasteiger partial charge >= 0.3 is 5.97 Å². The largest absolute Gasteiger partial charge is 0.481 e. The monoisotopic (exact) mass is 448 g/mol. The summed E-state index contributed by atoms with van der Waals surface area (Å²) >= 11 is 1.38. The molecule has 3 rings (SSSR count). The average molecular weight is 449 g/mol. The van der Waals surface area contributed by atoms with Gasteiger partial charge in [0, 0.05) is 11.1 Å². The third kappa shape index (κ3) is 6.35. The van der Waals surface area contributed by atoms with E-state index in [0.29, 0.717) is 24.1 Å². The highest BCUT2D eigenvalue weighted by molar-refractivity contribution is 7.20. The second-order valence-corrected chi connectivity index (χ2v) is 9.73. The molecule has 4 N–H and O–H groups in total. The van der Waals surface area contributed by atoms with E-state index in [9.17, 15) is 24.9 Å². The smallest absolute Gasteiger partial charge is 0.303 e. The van der Waals surface area contributed by atoms with Crippen LogP contribution in [0.2, 0.25) is 0 Å². The third-order valence-electron chi connectivity index (χ3n) is 6.44. The van der Waals surface area contributed by atoms with Gasteiger partial charge in [0.15, 0.2) is 0 Å². The standard InChI is InChI=1S/C24H32O6S/c25-18(24(30)22-13-15-7-5-6-9-21(15)31-22)12-11-17-16(19(26)14-20(17)27)8-3-1-2-4-10-23(28)29/h5-7,9,13,16-20,25-27H,1-4,8,10-12,14H2,(H,28,29)/t16-,17-,18?,19+,20-/m1/s1. The van der Waals surface area contributed by atoms with Gasteiger partial charge in [-0.05, 0) is 61.5 Å². The number of hydrogen-bond donors (Lipinski definition) is 4. The maximum atomic E-state index is 12.7.